The van der Waals surface area contributed by atoms with Crippen molar-refractivity contribution >= 4 is 10.8 Å². The van der Waals surface area contributed by atoms with Gasteiger partial charge >= 0.3 is 6.61 Å². The number of phenolic OH excluding ortho intramolecular Hbond substituents is 1. The number of rotatable bonds is 3. The SMILES string of the molecule is CCc1cc(O)cc2cc(F)c(F)c(OC(F)F)c12. The predicted molar refractivity (Wildman–Crippen MR) is 61.5 cm³/mol. The molecule has 0 saturated carbocycles. The molecule has 2 aromatic carbocycles. The molecule has 0 aliphatic carbocycles. The second-order valence-electron chi connectivity index (χ2n) is 3.94. The van der Waals surface area contributed by atoms with Crippen LogP contribution in [0.2, 0.25) is 0 Å². The summed E-state index contributed by atoms with van der Waals surface area (Å²) in [6.07, 6.45) is 0.343. The first-order chi connectivity index (χ1) is 8.93. The van der Waals surface area contributed by atoms with E-state index in [9.17, 15) is 22.7 Å². The molecule has 0 aliphatic heterocycles. The molecule has 6 heteroatoms. The normalized spacial score (nSPS) is 11.3. The molecule has 0 bridgehead atoms. The average Bonchev–Trinajstić information content (AvgIpc) is 2.33. The number of aryl methyl sites for hydroxylation is 1. The Balaban J connectivity index is 2.85. The smallest absolute Gasteiger partial charge is 0.387 e. The van der Waals surface area contributed by atoms with Crippen molar-refractivity contribution in [2.45, 2.75) is 20.0 Å². The molecule has 0 aromatic heterocycles. The quantitative estimate of drug-likeness (QED) is 0.857. The minimum Gasteiger partial charge on any atom is -0.508 e. The van der Waals surface area contributed by atoms with Crippen LogP contribution < -0.4 is 4.74 Å². The lowest BCUT2D eigenvalue weighted by Crippen LogP contribution is -2.06. The molecule has 102 valence electrons. The highest BCUT2D eigenvalue weighted by molar-refractivity contribution is 5.93. The summed E-state index contributed by atoms with van der Waals surface area (Å²) in [5.41, 5.74) is 0.393. The molecule has 1 N–H and O–H groups in total. The Kier molecular flexibility index (Phi) is 3.50. The molecule has 0 amide bonds. The Bertz CT molecular complexity index is 626. The summed E-state index contributed by atoms with van der Waals surface area (Å²) in [5, 5.41) is 9.61. The molecule has 19 heavy (non-hydrogen) atoms. The highest BCUT2D eigenvalue weighted by Crippen LogP contribution is 2.37. The van der Waals surface area contributed by atoms with E-state index in [-0.39, 0.29) is 16.5 Å². The number of alkyl halides is 2. The molecule has 2 rings (SSSR count). The Labute approximate surface area is 106 Å². The van der Waals surface area contributed by atoms with E-state index in [4.69, 9.17) is 0 Å². The molecule has 0 saturated heterocycles. The number of hydrogen-bond donors (Lipinski definition) is 1. The number of ether oxygens (including phenoxy) is 1. The summed E-state index contributed by atoms with van der Waals surface area (Å²) >= 11 is 0. The summed E-state index contributed by atoms with van der Waals surface area (Å²) < 4.78 is 55.7. The third-order valence-electron chi connectivity index (χ3n) is 2.74. The fraction of sp³-hybridized carbons (Fsp3) is 0.231. The van der Waals surface area contributed by atoms with E-state index >= 15 is 0 Å². The Hall–Kier alpha value is -1.98. The van der Waals surface area contributed by atoms with Crippen molar-refractivity contribution in [3.8, 4) is 11.5 Å². The van der Waals surface area contributed by atoms with E-state index in [0.29, 0.717) is 12.0 Å². The van der Waals surface area contributed by atoms with Crippen molar-refractivity contribution in [2.24, 2.45) is 0 Å². The zero-order valence-corrected chi connectivity index (χ0v) is 9.88. The van der Waals surface area contributed by atoms with Crippen LogP contribution >= 0.6 is 0 Å². The Morgan fingerprint density at radius 1 is 1.21 bits per heavy atom. The molecule has 0 aliphatic rings. The molecule has 2 nitrogen and oxygen atoms in total. The molecule has 0 radical (unpaired) electrons. The largest absolute Gasteiger partial charge is 0.508 e. The van der Waals surface area contributed by atoms with Crippen molar-refractivity contribution in [1.29, 1.82) is 0 Å². The van der Waals surface area contributed by atoms with Gasteiger partial charge < -0.3 is 9.84 Å². The second-order valence-corrected chi connectivity index (χ2v) is 3.94. The summed E-state index contributed by atoms with van der Waals surface area (Å²) in [7, 11) is 0. The third-order valence-corrected chi connectivity index (χ3v) is 2.74. The number of fused-ring (bicyclic) bond motifs is 1. The van der Waals surface area contributed by atoms with E-state index in [1.807, 2.05) is 0 Å². The average molecular weight is 274 g/mol. The molecular weight excluding hydrogens is 264 g/mol. The highest BCUT2D eigenvalue weighted by atomic mass is 19.3. The highest BCUT2D eigenvalue weighted by Gasteiger charge is 2.20. The number of hydrogen-bond acceptors (Lipinski definition) is 2. The van der Waals surface area contributed by atoms with Crippen LogP contribution in [0.5, 0.6) is 11.5 Å². The fourth-order valence-electron chi connectivity index (χ4n) is 2.00. The van der Waals surface area contributed by atoms with Gasteiger partial charge in [-0.1, -0.05) is 6.92 Å². The van der Waals surface area contributed by atoms with Gasteiger partial charge in [-0.3, -0.25) is 0 Å². The van der Waals surface area contributed by atoms with Crippen LogP contribution in [0.15, 0.2) is 18.2 Å². The molecule has 0 atom stereocenters. The van der Waals surface area contributed by atoms with Gasteiger partial charge in [0.1, 0.15) is 5.75 Å². The summed E-state index contributed by atoms with van der Waals surface area (Å²) in [5.74, 6) is -3.76. The van der Waals surface area contributed by atoms with E-state index in [1.165, 1.54) is 6.07 Å². The van der Waals surface area contributed by atoms with E-state index in [0.717, 1.165) is 12.1 Å². The molecule has 0 heterocycles. The monoisotopic (exact) mass is 274 g/mol. The standard InChI is InChI=1S/C13H10F4O2/c1-2-6-3-8(18)4-7-5-9(14)11(15)12(10(6)7)19-13(16)17/h3-5,13,18H,2H2,1H3. The summed E-state index contributed by atoms with van der Waals surface area (Å²) in [6.45, 7) is -1.57. The summed E-state index contributed by atoms with van der Waals surface area (Å²) in [6, 6.07) is 3.30. The van der Waals surface area contributed by atoms with Crippen molar-refractivity contribution in [3.05, 3.63) is 35.4 Å². The van der Waals surface area contributed by atoms with Gasteiger partial charge in [0, 0.05) is 5.39 Å². The Morgan fingerprint density at radius 3 is 2.47 bits per heavy atom. The predicted octanol–water partition coefficient (Wildman–Crippen LogP) is 3.99. The first-order valence-electron chi connectivity index (χ1n) is 5.52. The van der Waals surface area contributed by atoms with Gasteiger partial charge in [-0.15, -0.1) is 0 Å². The van der Waals surface area contributed by atoms with Crippen LogP contribution in [0, 0.1) is 11.6 Å². The maximum atomic E-state index is 13.6. The number of benzene rings is 2. The molecular formula is C13H10F4O2. The van der Waals surface area contributed by atoms with Crippen molar-refractivity contribution in [1.82, 2.24) is 0 Å². The van der Waals surface area contributed by atoms with Gasteiger partial charge in [-0.25, -0.2) is 4.39 Å². The van der Waals surface area contributed by atoms with Gasteiger partial charge in [0.05, 0.1) is 0 Å². The molecule has 0 fully saturated rings. The van der Waals surface area contributed by atoms with Crippen molar-refractivity contribution in [3.63, 3.8) is 0 Å². The lowest BCUT2D eigenvalue weighted by molar-refractivity contribution is -0.0514. The van der Waals surface area contributed by atoms with Gasteiger partial charge in [-0.2, -0.15) is 13.2 Å². The van der Waals surface area contributed by atoms with Gasteiger partial charge in [0.25, 0.3) is 0 Å². The summed E-state index contributed by atoms with van der Waals surface area (Å²) in [4.78, 5) is 0. The Morgan fingerprint density at radius 2 is 1.89 bits per heavy atom. The minimum absolute atomic E-state index is 0.0412. The first-order valence-corrected chi connectivity index (χ1v) is 5.52. The minimum atomic E-state index is -3.27. The lowest BCUT2D eigenvalue weighted by Gasteiger charge is -2.13. The third kappa shape index (κ3) is 2.43. The second kappa shape index (κ2) is 4.95. The number of halogens is 4. The van der Waals surface area contributed by atoms with Crippen LogP contribution in [0.4, 0.5) is 17.6 Å². The van der Waals surface area contributed by atoms with Crippen molar-refractivity contribution < 1.29 is 27.4 Å². The van der Waals surface area contributed by atoms with Gasteiger partial charge in [0.15, 0.2) is 11.6 Å². The number of phenols is 1. The van der Waals surface area contributed by atoms with E-state index < -0.39 is 24.0 Å². The number of aromatic hydroxyl groups is 1. The van der Waals surface area contributed by atoms with Gasteiger partial charge in [-0.05, 0) is 35.6 Å². The van der Waals surface area contributed by atoms with Crippen LogP contribution in [0.1, 0.15) is 12.5 Å². The van der Waals surface area contributed by atoms with E-state index in [2.05, 4.69) is 4.74 Å². The molecule has 0 unspecified atom stereocenters. The van der Waals surface area contributed by atoms with Crippen LogP contribution in [0.3, 0.4) is 0 Å². The first kappa shape index (κ1) is 13.5. The zero-order valence-electron chi connectivity index (χ0n) is 9.88. The lowest BCUT2D eigenvalue weighted by atomic mass is 10.0. The van der Waals surface area contributed by atoms with Gasteiger partial charge in [0.2, 0.25) is 5.82 Å². The molecule has 0 spiro atoms. The van der Waals surface area contributed by atoms with Crippen LogP contribution in [0.25, 0.3) is 10.8 Å². The topological polar surface area (TPSA) is 29.5 Å². The van der Waals surface area contributed by atoms with Crippen LogP contribution in [-0.2, 0) is 6.42 Å². The maximum absolute atomic E-state index is 13.6. The van der Waals surface area contributed by atoms with Crippen LogP contribution in [-0.4, -0.2) is 11.7 Å². The zero-order chi connectivity index (χ0) is 14.2. The molecule has 2 aromatic rings. The van der Waals surface area contributed by atoms with Crippen molar-refractivity contribution in [2.75, 3.05) is 0 Å². The fourth-order valence-corrected chi connectivity index (χ4v) is 2.00. The van der Waals surface area contributed by atoms with E-state index in [1.54, 1.807) is 6.92 Å². The maximum Gasteiger partial charge on any atom is 0.387 e.